The van der Waals surface area contributed by atoms with Gasteiger partial charge in [0.1, 0.15) is 0 Å². The summed E-state index contributed by atoms with van der Waals surface area (Å²) < 4.78 is 0. The fourth-order valence-electron chi connectivity index (χ4n) is 6.69. The third-order valence-electron chi connectivity index (χ3n) is 9.91. The third kappa shape index (κ3) is 31.3. The van der Waals surface area contributed by atoms with Crippen molar-refractivity contribution >= 4 is 11.8 Å². The predicted molar refractivity (Wildman–Crippen MR) is 219 cm³/mol. The Morgan fingerprint density at radius 3 is 1.16 bits per heavy atom. The van der Waals surface area contributed by atoms with Gasteiger partial charge in [0, 0.05) is 32.6 Å². The van der Waals surface area contributed by atoms with E-state index in [1.165, 1.54) is 154 Å². The minimum atomic E-state index is -0.763. The van der Waals surface area contributed by atoms with Crippen molar-refractivity contribution in [1.29, 1.82) is 0 Å². The minimum Gasteiger partial charge on any atom is -0.329 e. The van der Waals surface area contributed by atoms with Gasteiger partial charge in [-0.1, -0.05) is 193 Å². The molecule has 0 aromatic heterocycles. The SMILES string of the molecule is CC(C)CCCCCCCCCCCCCC=CC1(C=CCCCCCCCCCCCCCC(C)C)CC(=O)NC1=O.NCCNCCN. The average molecular weight is 703 g/mol. The van der Waals surface area contributed by atoms with Crippen LogP contribution in [0.3, 0.4) is 0 Å². The van der Waals surface area contributed by atoms with Gasteiger partial charge in [0.25, 0.3) is 0 Å². The molecule has 1 rings (SSSR count). The monoisotopic (exact) mass is 703 g/mol. The van der Waals surface area contributed by atoms with Crippen LogP contribution in [0.15, 0.2) is 24.3 Å². The topological polar surface area (TPSA) is 110 Å². The number of hydrogen-bond donors (Lipinski definition) is 4. The van der Waals surface area contributed by atoms with E-state index in [9.17, 15) is 9.59 Å². The largest absolute Gasteiger partial charge is 0.329 e. The highest BCUT2D eigenvalue weighted by atomic mass is 16.2. The lowest BCUT2D eigenvalue weighted by Gasteiger charge is -2.16. The molecule has 0 unspecified atom stereocenters. The molecule has 0 spiro atoms. The molecule has 1 aliphatic rings. The molecule has 0 bridgehead atoms. The Hall–Kier alpha value is -1.50. The fourth-order valence-corrected chi connectivity index (χ4v) is 6.69. The molecular formula is C44H86N4O2. The van der Waals surface area contributed by atoms with E-state index in [2.05, 4.69) is 50.5 Å². The summed E-state index contributed by atoms with van der Waals surface area (Å²) in [6.45, 7) is 12.4. The van der Waals surface area contributed by atoms with Crippen molar-refractivity contribution < 1.29 is 9.59 Å². The summed E-state index contributed by atoms with van der Waals surface area (Å²) in [6, 6.07) is 0. The molecule has 1 heterocycles. The van der Waals surface area contributed by atoms with Crippen LogP contribution in [0.5, 0.6) is 0 Å². The second kappa shape index (κ2) is 35.9. The summed E-state index contributed by atoms with van der Waals surface area (Å²) in [6.07, 6.45) is 43.1. The van der Waals surface area contributed by atoms with E-state index < -0.39 is 5.41 Å². The maximum atomic E-state index is 12.7. The Morgan fingerprint density at radius 2 is 0.880 bits per heavy atom. The van der Waals surface area contributed by atoms with Crippen molar-refractivity contribution in [2.24, 2.45) is 28.7 Å². The van der Waals surface area contributed by atoms with Crippen LogP contribution < -0.4 is 22.1 Å². The van der Waals surface area contributed by atoms with Crippen LogP contribution >= 0.6 is 0 Å². The van der Waals surface area contributed by atoms with Gasteiger partial charge in [-0.25, -0.2) is 0 Å². The van der Waals surface area contributed by atoms with Crippen LogP contribution in [0.25, 0.3) is 0 Å². The van der Waals surface area contributed by atoms with Crippen LogP contribution in [0.4, 0.5) is 0 Å². The first-order chi connectivity index (χ1) is 24.3. The van der Waals surface area contributed by atoms with Gasteiger partial charge in [-0.2, -0.15) is 0 Å². The summed E-state index contributed by atoms with van der Waals surface area (Å²) in [5.74, 6) is 1.41. The molecule has 0 aromatic rings. The van der Waals surface area contributed by atoms with Gasteiger partial charge in [-0.15, -0.1) is 0 Å². The number of allylic oxidation sites excluding steroid dienone is 2. The zero-order chi connectivity index (χ0) is 37.0. The molecule has 1 saturated heterocycles. The number of nitrogens with one attached hydrogen (secondary N) is 2. The van der Waals surface area contributed by atoms with Crippen molar-refractivity contribution in [3.8, 4) is 0 Å². The van der Waals surface area contributed by atoms with Gasteiger partial charge < -0.3 is 16.8 Å². The number of carbonyl (C=O) groups is 2. The highest BCUT2D eigenvalue weighted by Gasteiger charge is 2.42. The van der Waals surface area contributed by atoms with E-state index in [0.29, 0.717) is 13.1 Å². The molecule has 6 heteroatoms. The summed E-state index contributed by atoms with van der Waals surface area (Å²) in [5, 5.41) is 5.57. The molecule has 1 fully saturated rings. The first-order valence-electron chi connectivity index (χ1n) is 21.6. The zero-order valence-electron chi connectivity index (χ0n) is 33.9. The normalized spacial score (nSPS) is 16.3. The first kappa shape index (κ1) is 48.5. The Balaban J connectivity index is 0.00000308. The molecule has 0 saturated carbocycles. The van der Waals surface area contributed by atoms with Crippen LogP contribution in [0.1, 0.15) is 201 Å². The smallest absolute Gasteiger partial charge is 0.240 e. The highest BCUT2D eigenvalue weighted by Crippen LogP contribution is 2.32. The lowest BCUT2D eigenvalue weighted by atomic mass is 9.84. The number of nitrogens with two attached hydrogens (primary N) is 2. The van der Waals surface area contributed by atoms with Crippen molar-refractivity contribution in [2.45, 2.75) is 201 Å². The molecule has 0 aliphatic carbocycles. The fraction of sp³-hybridized carbons (Fsp3) is 0.864. The van der Waals surface area contributed by atoms with E-state index in [1.54, 1.807) is 0 Å². The van der Waals surface area contributed by atoms with Gasteiger partial charge in [-0.3, -0.25) is 14.9 Å². The van der Waals surface area contributed by atoms with Gasteiger partial charge in [0.05, 0.1) is 5.41 Å². The number of carbonyl (C=O) groups excluding carboxylic acids is 2. The maximum absolute atomic E-state index is 12.7. The summed E-state index contributed by atoms with van der Waals surface area (Å²) >= 11 is 0. The second-order valence-electron chi connectivity index (χ2n) is 15.9. The summed E-state index contributed by atoms with van der Waals surface area (Å²) in [7, 11) is 0. The molecule has 6 nitrogen and oxygen atoms in total. The second-order valence-corrected chi connectivity index (χ2v) is 15.9. The molecule has 0 atom stereocenters. The Bertz CT molecular complexity index is 775. The van der Waals surface area contributed by atoms with Crippen LogP contribution in [-0.2, 0) is 9.59 Å². The molecule has 0 radical (unpaired) electrons. The van der Waals surface area contributed by atoms with Crippen molar-refractivity contribution in [3.05, 3.63) is 24.3 Å². The molecule has 6 N–H and O–H groups in total. The van der Waals surface area contributed by atoms with Gasteiger partial charge >= 0.3 is 0 Å². The molecule has 1 aliphatic heterocycles. The van der Waals surface area contributed by atoms with Crippen molar-refractivity contribution in [2.75, 3.05) is 26.2 Å². The lowest BCUT2D eigenvalue weighted by Crippen LogP contribution is -2.28. The molecule has 0 aromatic carbocycles. The Morgan fingerprint density at radius 1 is 0.560 bits per heavy atom. The highest BCUT2D eigenvalue weighted by molar-refractivity contribution is 6.08. The first-order valence-corrected chi connectivity index (χ1v) is 21.6. The maximum Gasteiger partial charge on any atom is 0.240 e. The average Bonchev–Trinajstić information content (AvgIpc) is 3.36. The number of unbranched alkanes of at least 4 members (excludes halogenated alkanes) is 22. The molecule has 2 amide bonds. The molecular weight excluding hydrogens is 617 g/mol. The van der Waals surface area contributed by atoms with Gasteiger partial charge in [0.15, 0.2) is 0 Å². The number of imide groups is 1. The van der Waals surface area contributed by atoms with Crippen molar-refractivity contribution in [3.63, 3.8) is 0 Å². The predicted octanol–water partition coefficient (Wildman–Crippen LogP) is 11.1. The van der Waals surface area contributed by atoms with Gasteiger partial charge in [-0.05, 0) is 37.5 Å². The standard InChI is InChI=1S/C40H73NO2.C4H13N3/c1-36(2)31-27-23-19-15-11-7-5-9-13-17-21-25-29-33-40(35-38(42)41-39(40)43)34-30-26-22-18-14-10-6-8-12-16-20-24-28-32-37(3)4;5-1-3-7-4-2-6/h29-30,33-34,36-37H,5-28,31-32,35H2,1-4H3,(H,41,42,43);7H,1-6H2. The van der Waals surface area contributed by atoms with Crippen molar-refractivity contribution in [1.82, 2.24) is 10.6 Å². The van der Waals surface area contributed by atoms with E-state index in [4.69, 9.17) is 11.5 Å². The molecule has 294 valence electrons. The summed E-state index contributed by atoms with van der Waals surface area (Å²) in [5.41, 5.74) is 9.57. The van der Waals surface area contributed by atoms with Crippen LogP contribution in [-0.4, -0.2) is 38.0 Å². The quantitative estimate of drug-likeness (QED) is 0.0303. The van der Waals surface area contributed by atoms with Crippen LogP contribution in [0.2, 0.25) is 0 Å². The Labute approximate surface area is 311 Å². The number of rotatable bonds is 34. The summed E-state index contributed by atoms with van der Waals surface area (Å²) in [4.78, 5) is 24.7. The molecule has 50 heavy (non-hydrogen) atoms. The van der Waals surface area contributed by atoms with E-state index in [-0.39, 0.29) is 18.2 Å². The third-order valence-corrected chi connectivity index (χ3v) is 9.91. The van der Waals surface area contributed by atoms with E-state index in [0.717, 1.165) is 37.8 Å². The van der Waals surface area contributed by atoms with E-state index >= 15 is 0 Å². The van der Waals surface area contributed by atoms with Gasteiger partial charge in [0.2, 0.25) is 11.8 Å². The van der Waals surface area contributed by atoms with Crippen LogP contribution in [0, 0.1) is 17.3 Å². The minimum absolute atomic E-state index is 0.148. The van der Waals surface area contributed by atoms with E-state index in [1.807, 2.05) is 12.2 Å². The Kier molecular flexibility index (Phi) is 34.8. The number of hydrogen-bond acceptors (Lipinski definition) is 5. The lowest BCUT2D eigenvalue weighted by molar-refractivity contribution is -0.126. The number of amides is 2. The zero-order valence-corrected chi connectivity index (χ0v) is 33.9.